The number of nitrogens with zero attached hydrogens (tertiary/aromatic N) is 1. The lowest BCUT2D eigenvalue weighted by Gasteiger charge is -2.33. The summed E-state index contributed by atoms with van der Waals surface area (Å²) < 4.78 is 5.91. The molecule has 1 saturated heterocycles. The molecule has 31 heavy (non-hydrogen) atoms. The number of hydrogen-bond donors (Lipinski definition) is 2. The van der Waals surface area contributed by atoms with Crippen molar-refractivity contribution in [3.8, 4) is 0 Å². The van der Waals surface area contributed by atoms with Crippen LogP contribution in [-0.2, 0) is 14.3 Å². The van der Waals surface area contributed by atoms with Crippen LogP contribution in [0.4, 0.5) is 5.69 Å². The number of anilines is 1. The zero-order chi connectivity index (χ0) is 22.2. The number of ether oxygens (including phenoxy) is 1. The third-order valence-electron chi connectivity index (χ3n) is 5.63. The van der Waals surface area contributed by atoms with Gasteiger partial charge in [0.15, 0.2) is 0 Å². The molecule has 0 aliphatic carbocycles. The molecule has 166 valence electrons. The van der Waals surface area contributed by atoms with Crippen LogP contribution in [0.1, 0.15) is 41.2 Å². The van der Waals surface area contributed by atoms with Crippen molar-refractivity contribution >= 4 is 17.5 Å². The quantitative estimate of drug-likeness (QED) is 0.528. The smallest absolute Gasteiger partial charge is 0.313 e. The summed E-state index contributed by atoms with van der Waals surface area (Å²) in [6.45, 7) is 9.86. The largest absolute Gasteiger partial charge is 0.371 e. The van der Waals surface area contributed by atoms with Crippen LogP contribution in [-0.4, -0.2) is 49.5 Å². The van der Waals surface area contributed by atoms with E-state index in [1.54, 1.807) is 0 Å². The van der Waals surface area contributed by atoms with Crippen molar-refractivity contribution in [3.05, 3.63) is 64.7 Å². The number of carbonyl (C=O) groups is 2. The summed E-state index contributed by atoms with van der Waals surface area (Å²) in [7, 11) is 0. The van der Waals surface area contributed by atoms with Crippen LogP contribution in [0.15, 0.2) is 42.5 Å². The average Bonchev–Trinajstić information content (AvgIpc) is 2.76. The van der Waals surface area contributed by atoms with Crippen molar-refractivity contribution in [2.45, 2.75) is 39.7 Å². The van der Waals surface area contributed by atoms with Gasteiger partial charge in [-0.1, -0.05) is 48.0 Å². The van der Waals surface area contributed by atoms with E-state index in [2.05, 4.69) is 27.7 Å². The van der Waals surface area contributed by atoms with E-state index in [1.165, 1.54) is 5.56 Å². The summed E-state index contributed by atoms with van der Waals surface area (Å²) in [6.07, 6.45) is 1.90. The maximum Gasteiger partial charge on any atom is 0.313 e. The van der Waals surface area contributed by atoms with Crippen LogP contribution in [0, 0.1) is 20.8 Å². The summed E-state index contributed by atoms with van der Waals surface area (Å²) in [5, 5.41) is 5.48. The van der Waals surface area contributed by atoms with Crippen molar-refractivity contribution in [2.24, 2.45) is 0 Å². The molecule has 1 fully saturated rings. The van der Waals surface area contributed by atoms with Gasteiger partial charge in [-0.3, -0.25) is 14.5 Å². The van der Waals surface area contributed by atoms with Crippen LogP contribution < -0.4 is 10.6 Å². The first-order valence-corrected chi connectivity index (χ1v) is 11.0. The lowest BCUT2D eigenvalue weighted by Crippen LogP contribution is -2.39. The first kappa shape index (κ1) is 23.0. The predicted molar refractivity (Wildman–Crippen MR) is 123 cm³/mol. The highest BCUT2D eigenvalue weighted by Crippen LogP contribution is 2.23. The molecule has 0 saturated carbocycles. The van der Waals surface area contributed by atoms with Crippen LogP contribution in [0.3, 0.4) is 0 Å². The van der Waals surface area contributed by atoms with Gasteiger partial charge in [0.25, 0.3) is 0 Å². The number of rotatable bonds is 7. The number of aryl methyl sites for hydroxylation is 3. The number of benzene rings is 2. The Morgan fingerprint density at radius 2 is 1.74 bits per heavy atom. The molecule has 3 rings (SSSR count). The van der Waals surface area contributed by atoms with Crippen LogP contribution >= 0.6 is 0 Å². The zero-order valence-electron chi connectivity index (χ0n) is 18.7. The fraction of sp³-hybridized carbons (Fsp3) is 0.440. The highest BCUT2D eigenvalue weighted by atomic mass is 16.5. The monoisotopic (exact) mass is 423 g/mol. The lowest BCUT2D eigenvalue weighted by molar-refractivity contribution is -0.136. The lowest BCUT2D eigenvalue weighted by atomic mass is 10.1. The first-order valence-electron chi connectivity index (χ1n) is 11.0. The minimum absolute atomic E-state index is 0.118. The molecular formula is C25H33N3O3. The second-order valence-electron chi connectivity index (χ2n) is 8.26. The van der Waals surface area contributed by atoms with E-state index in [-0.39, 0.29) is 6.10 Å². The van der Waals surface area contributed by atoms with Gasteiger partial charge in [-0.15, -0.1) is 0 Å². The minimum Gasteiger partial charge on any atom is -0.371 e. The maximum absolute atomic E-state index is 12.2. The van der Waals surface area contributed by atoms with Crippen molar-refractivity contribution < 1.29 is 14.3 Å². The number of amides is 2. The molecule has 0 spiro atoms. The summed E-state index contributed by atoms with van der Waals surface area (Å²) in [5.41, 5.74) is 4.97. The summed E-state index contributed by atoms with van der Waals surface area (Å²) in [4.78, 5) is 26.8. The van der Waals surface area contributed by atoms with Gasteiger partial charge in [-0.05, 0) is 56.8 Å². The highest BCUT2D eigenvalue weighted by molar-refractivity contribution is 6.39. The first-order chi connectivity index (χ1) is 14.9. The maximum atomic E-state index is 12.2. The average molecular weight is 424 g/mol. The summed E-state index contributed by atoms with van der Waals surface area (Å²) >= 11 is 0. The van der Waals surface area contributed by atoms with E-state index in [1.807, 2.05) is 51.1 Å². The Balaban J connectivity index is 1.36. The van der Waals surface area contributed by atoms with Crippen molar-refractivity contribution in [2.75, 3.05) is 38.1 Å². The molecule has 6 nitrogen and oxygen atoms in total. The van der Waals surface area contributed by atoms with E-state index in [4.69, 9.17) is 4.74 Å². The van der Waals surface area contributed by atoms with E-state index in [0.717, 1.165) is 55.8 Å². The Morgan fingerprint density at radius 1 is 1.03 bits per heavy atom. The Bertz CT molecular complexity index is 875. The van der Waals surface area contributed by atoms with Gasteiger partial charge in [0.05, 0.1) is 12.7 Å². The Hall–Kier alpha value is -2.70. The highest BCUT2D eigenvalue weighted by Gasteiger charge is 2.21. The SMILES string of the molecule is Cc1cc(C)c(NC(=O)C(=O)NCCCCN2CCO[C@H](c3ccccc3)C2)c(C)c1. The fourth-order valence-electron chi connectivity index (χ4n) is 4.07. The third kappa shape index (κ3) is 6.64. The van der Waals surface area contributed by atoms with E-state index < -0.39 is 11.8 Å². The Kier molecular flexibility index (Phi) is 8.20. The normalized spacial score (nSPS) is 16.7. The molecule has 1 aliphatic rings. The molecule has 1 heterocycles. The second-order valence-corrected chi connectivity index (χ2v) is 8.26. The van der Waals surface area contributed by atoms with Crippen molar-refractivity contribution in [1.29, 1.82) is 0 Å². The molecular weight excluding hydrogens is 390 g/mol. The van der Waals surface area contributed by atoms with Gasteiger partial charge in [0, 0.05) is 25.3 Å². The number of morpholine rings is 1. The number of unbranched alkanes of at least 4 members (excludes halogenated alkanes) is 1. The topological polar surface area (TPSA) is 70.7 Å². The molecule has 0 aromatic heterocycles. The van der Waals surface area contributed by atoms with Gasteiger partial charge >= 0.3 is 11.8 Å². The molecule has 2 N–H and O–H groups in total. The van der Waals surface area contributed by atoms with Gasteiger partial charge in [0.1, 0.15) is 0 Å². The molecule has 1 aliphatic heterocycles. The van der Waals surface area contributed by atoms with Crippen LogP contribution in [0.25, 0.3) is 0 Å². The standard InChI is InChI=1S/C25H33N3O3/c1-18-15-19(2)23(20(3)16-18)27-25(30)24(29)26-11-7-8-12-28-13-14-31-22(17-28)21-9-5-4-6-10-21/h4-6,9-10,15-16,22H,7-8,11-14,17H2,1-3H3,(H,26,29)(H,27,30)/t22-/m0/s1. The van der Waals surface area contributed by atoms with Crippen molar-refractivity contribution in [1.82, 2.24) is 10.2 Å². The number of carbonyl (C=O) groups excluding carboxylic acids is 2. The van der Waals surface area contributed by atoms with Gasteiger partial charge < -0.3 is 15.4 Å². The minimum atomic E-state index is -0.617. The van der Waals surface area contributed by atoms with E-state index in [9.17, 15) is 9.59 Å². The van der Waals surface area contributed by atoms with E-state index in [0.29, 0.717) is 12.2 Å². The molecule has 2 amide bonds. The van der Waals surface area contributed by atoms with Gasteiger partial charge in [-0.25, -0.2) is 0 Å². The zero-order valence-corrected chi connectivity index (χ0v) is 18.7. The summed E-state index contributed by atoms with van der Waals surface area (Å²) in [6, 6.07) is 14.3. The van der Waals surface area contributed by atoms with Gasteiger partial charge in [0.2, 0.25) is 0 Å². The third-order valence-corrected chi connectivity index (χ3v) is 5.63. The molecule has 0 bridgehead atoms. The molecule has 0 unspecified atom stereocenters. The molecule has 1 atom stereocenters. The number of hydrogen-bond acceptors (Lipinski definition) is 4. The fourth-order valence-corrected chi connectivity index (χ4v) is 4.07. The second kappa shape index (κ2) is 11.1. The van der Waals surface area contributed by atoms with Gasteiger partial charge in [-0.2, -0.15) is 0 Å². The molecule has 6 heteroatoms. The van der Waals surface area contributed by atoms with Crippen LogP contribution in [0.5, 0.6) is 0 Å². The molecule has 2 aromatic rings. The Morgan fingerprint density at radius 3 is 2.45 bits per heavy atom. The Labute approximate surface area is 185 Å². The molecule has 0 radical (unpaired) electrons. The number of nitrogens with one attached hydrogen (secondary N) is 2. The van der Waals surface area contributed by atoms with Crippen molar-refractivity contribution in [3.63, 3.8) is 0 Å². The summed E-state index contributed by atoms with van der Waals surface area (Å²) in [5.74, 6) is -1.20. The van der Waals surface area contributed by atoms with E-state index >= 15 is 0 Å². The predicted octanol–water partition coefficient (Wildman–Crippen LogP) is 3.52. The van der Waals surface area contributed by atoms with Crippen LogP contribution in [0.2, 0.25) is 0 Å². The molecule has 2 aromatic carbocycles.